The topological polar surface area (TPSA) is 67.4 Å². The summed E-state index contributed by atoms with van der Waals surface area (Å²) in [6.45, 7) is 1.90. The molecule has 0 radical (unpaired) electrons. The van der Waals surface area contributed by atoms with Crippen molar-refractivity contribution in [3.63, 3.8) is 0 Å². The van der Waals surface area contributed by atoms with Gasteiger partial charge in [0.2, 0.25) is 5.91 Å². The number of carbonyl (C=O) groups excluding carboxylic acids is 2. The zero-order valence-electron chi connectivity index (χ0n) is 11.0. The van der Waals surface area contributed by atoms with Gasteiger partial charge < -0.3 is 10.1 Å². The number of amides is 1. The summed E-state index contributed by atoms with van der Waals surface area (Å²) < 4.78 is 4.64. The van der Waals surface area contributed by atoms with Crippen molar-refractivity contribution in [3.8, 4) is 0 Å². The van der Waals surface area contributed by atoms with Gasteiger partial charge in [0, 0.05) is 12.2 Å². The number of anilines is 1. The van der Waals surface area contributed by atoms with E-state index in [1.807, 2.05) is 0 Å². The molecule has 5 nitrogen and oxygen atoms in total. The number of hydrogen-bond acceptors (Lipinski definition) is 4. The monoisotopic (exact) mass is 346 g/mol. The summed E-state index contributed by atoms with van der Waals surface area (Å²) in [7, 11) is 0. The van der Waals surface area contributed by atoms with Crippen LogP contribution in [0.25, 0.3) is 0 Å². The molecular weight excluding hydrogens is 335 g/mol. The average Bonchev–Trinajstić information content (AvgIpc) is 2.41. The quantitative estimate of drug-likeness (QED) is 0.498. The lowest BCUT2D eigenvalue weighted by Crippen LogP contribution is -2.33. The summed E-state index contributed by atoms with van der Waals surface area (Å²) in [4.78, 5) is 22.6. The van der Waals surface area contributed by atoms with Gasteiger partial charge in [-0.05, 0) is 31.3 Å². The maximum absolute atomic E-state index is 11.5. The fourth-order valence-corrected chi connectivity index (χ4v) is 1.94. The molecule has 0 unspecified atom stereocenters. The Bertz CT molecular complexity index is 571. The number of benzene rings is 1. The predicted octanol–water partition coefficient (Wildman–Crippen LogP) is 2.93. The number of esters is 1. The third-order valence-electron chi connectivity index (χ3n) is 2.10. The van der Waals surface area contributed by atoms with Crippen LogP contribution < -0.4 is 10.6 Å². The van der Waals surface area contributed by atoms with E-state index in [9.17, 15) is 9.59 Å². The smallest absolute Gasteiger partial charge is 0.330 e. The van der Waals surface area contributed by atoms with Crippen LogP contribution in [0.2, 0.25) is 10.0 Å². The fourth-order valence-electron chi connectivity index (χ4n) is 1.25. The number of thiocarbonyl (C=S) groups is 1. The lowest BCUT2D eigenvalue weighted by molar-refractivity contribution is -0.137. The van der Waals surface area contributed by atoms with Gasteiger partial charge in [-0.25, -0.2) is 4.79 Å². The molecule has 0 spiro atoms. The minimum absolute atomic E-state index is 0.00325. The van der Waals surface area contributed by atoms with Gasteiger partial charge in [-0.15, -0.1) is 0 Å². The zero-order chi connectivity index (χ0) is 15.8. The molecule has 0 atom stereocenters. The lowest BCUT2D eigenvalue weighted by Gasteiger charge is -2.11. The second-order valence-corrected chi connectivity index (χ2v) is 4.85. The summed E-state index contributed by atoms with van der Waals surface area (Å²) in [5.41, 5.74) is 0.389. The molecule has 0 aliphatic carbocycles. The fraction of sp³-hybridized carbons (Fsp3) is 0.154. The van der Waals surface area contributed by atoms with Gasteiger partial charge in [0.05, 0.1) is 22.3 Å². The van der Waals surface area contributed by atoms with Crippen LogP contribution in [0.5, 0.6) is 0 Å². The third kappa shape index (κ3) is 6.12. The number of ether oxygens (including phenoxy) is 1. The van der Waals surface area contributed by atoms with Crippen molar-refractivity contribution in [1.29, 1.82) is 0 Å². The molecule has 0 aliphatic rings. The van der Waals surface area contributed by atoms with Gasteiger partial charge in [-0.2, -0.15) is 0 Å². The highest BCUT2D eigenvalue weighted by Crippen LogP contribution is 2.29. The number of para-hydroxylation sites is 1. The van der Waals surface area contributed by atoms with Crippen LogP contribution in [0.15, 0.2) is 30.4 Å². The molecular formula is C13H12Cl2N2O3S. The summed E-state index contributed by atoms with van der Waals surface area (Å²) >= 11 is 16.9. The van der Waals surface area contributed by atoms with E-state index in [-0.39, 0.29) is 11.7 Å². The van der Waals surface area contributed by atoms with Crippen LogP contribution in [0.4, 0.5) is 5.69 Å². The highest BCUT2D eigenvalue weighted by molar-refractivity contribution is 7.80. The maximum atomic E-state index is 11.5. The normalized spacial score (nSPS) is 10.2. The Morgan fingerprint density at radius 3 is 2.48 bits per heavy atom. The second kappa shape index (κ2) is 8.61. The molecule has 0 heterocycles. The number of halogens is 2. The molecule has 21 heavy (non-hydrogen) atoms. The van der Waals surface area contributed by atoms with Crippen molar-refractivity contribution < 1.29 is 14.3 Å². The molecule has 1 amide bonds. The Morgan fingerprint density at radius 2 is 1.90 bits per heavy atom. The van der Waals surface area contributed by atoms with Gasteiger partial charge >= 0.3 is 5.97 Å². The molecule has 8 heteroatoms. The van der Waals surface area contributed by atoms with Crippen molar-refractivity contribution in [2.24, 2.45) is 0 Å². The summed E-state index contributed by atoms with van der Waals surface area (Å²) in [6.07, 6.45) is 2.02. The van der Waals surface area contributed by atoms with Crippen molar-refractivity contribution in [2.45, 2.75) is 6.92 Å². The Balaban J connectivity index is 2.58. The number of carbonyl (C=O) groups is 2. The number of nitrogens with one attached hydrogen (secondary N) is 2. The van der Waals surface area contributed by atoms with E-state index in [0.29, 0.717) is 15.7 Å². The van der Waals surface area contributed by atoms with Crippen molar-refractivity contribution in [2.75, 3.05) is 11.9 Å². The third-order valence-corrected chi connectivity index (χ3v) is 2.93. The predicted molar refractivity (Wildman–Crippen MR) is 86.6 cm³/mol. The minimum Gasteiger partial charge on any atom is -0.463 e. The Morgan fingerprint density at radius 1 is 1.29 bits per heavy atom. The van der Waals surface area contributed by atoms with Crippen LogP contribution in [-0.4, -0.2) is 23.6 Å². The molecule has 1 aromatic carbocycles. The van der Waals surface area contributed by atoms with E-state index >= 15 is 0 Å². The highest BCUT2D eigenvalue weighted by atomic mass is 35.5. The molecule has 1 rings (SSSR count). The molecule has 112 valence electrons. The van der Waals surface area contributed by atoms with Crippen molar-refractivity contribution in [1.82, 2.24) is 5.32 Å². The van der Waals surface area contributed by atoms with Gasteiger partial charge in [0.15, 0.2) is 5.11 Å². The average molecular weight is 347 g/mol. The van der Waals surface area contributed by atoms with E-state index in [4.69, 9.17) is 35.4 Å². The van der Waals surface area contributed by atoms with Crippen LogP contribution >= 0.6 is 35.4 Å². The van der Waals surface area contributed by atoms with Gasteiger partial charge in [-0.3, -0.25) is 10.1 Å². The molecule has 2 N–H and O–H groups in total. The van der Waals surface area contributed by atoms with Crippen LogP contribution in [0.1, 0.15) is 6.92 Å². The van der Waals surface area contributed by atoms with Gasteiger partial charge in [0.25, 0.3) is 0 Å². The first-order chi connectivity index (χ1) is 9.93. The first-order valence-corrected chi connectivity index (χ1v) is 7.01. The Hall–Kier alpha value is -1.63. The molecule has 0 bridgehead atoms. The van der Waals surface area contributed by atoms with E-state index in [1.165, 1.54) is 0 Å². The molecule has 0 saturated carbocycles. The summed E-state index contributed by atoms with van der Waals surface area (Å²) in [5, 5.41) is 5.79. The molecule has 0 fully saturated rings. The van der Waals surface area contributed by atoms with E-state index in [1.54, 1.807) is 25.1 Å². The molecule has 0 aromatic heterocycles. The summed E-state index contributed by atoms with van der Waals surface area (Å²) in [5.74, 6) is -1.19. The van der Waals surface area contributed by atoms with Gasteiger partial charge in [-0.1, -0.05) is 29.3 Å². The van der Waals surface area contributed by atoms with E-state index < -0.39 is 11.9 Å². The standard InChI is InChI=1S/C13H12Cl2N2O3S/c1-2-20-11(19)7-6-10(18)16-13(21)17-12-8(14)4-3-5-9(12)15/h3-7H,2H2,1H3,(H2,16,17,18,21)/b7-6+. The van der Waals surface area contributed by atoms with E-state index in [0.717, 1.165) is 12.2 Å². The highest BCUT2D eigenvalue weighted by Gasteiger charge is 2.08. The lowest BCUT2D eigenvalue weighted by atomic mass is 10.3. The molecule has 0 saturated heterocycles. The van der Waals surface area contributed by atoms with Crippen molar-refractivity contribution >= 4 is 58.1 Å². The first-order valence-electron chi connectivity index (χ1n) is 5.84. The Labute approximate surface area is 137 Å². The zero-order valence-corrected chi connectivity index (χ0v) is 13.3. The largest absolute Gasteiger partial charge is 0.463 e. The number of rotatable bonds is 4. The van der Waals surface area contributed by atoms with Crippen LogP contribution in [-0.2, 0) is 14.3 Å². The van der Waals surface area contributed by atoms with Crippen molar-refractivity contribution in [3.05, 3.63) is 40.4 Å². The molecule has 1 aromatic rings. The SMILES string of the molecule is CCOC(=O)/C=C/C(=O)NC(=S)Nc1c(Cl)cccc1Cl. The summed E-state index contributed by atoms with van der Waals surface area (Å²) in [6, 6.07) is 4.93. The van der Waals surface area contributed by atoms with E-state index in [2.05, 4.69) is 15.4 Å². The Kier molecular flexibility index (Phi) is 7.14. The maximum Gasteiger partial charge on any atom is 0.330 e. The van der Waals surface area contributed by atoms with Crippen LogP contribution in [0.3, 0.4) is 0 Å². The molecule has 0 aliphatic heterocycles. The minimum atomic E-state index is -0.610. The van der Waals surface area contributed by atoms with Crippen LogP contribution in [0, 0.1) is 0 Å². The van der Waals surface area contributed by atoms with Gasteiger partial charge in [0.1, 0.15) is 0 Å². The first kappa shape index (κ1) is 17.4. The number of hydrogen-bond donors (Lipinski definition) is 2. The second-order valence-electron chi connectivity index (χ2n) is 3.63.